The number of benzene rings is 1. The van der Waals surface area contributed by atoms with Gasteiger partial charge in [-0.25, -0.2) is 0 Å². The van der Waals surface area contributed by atoms with E-state index in [1.165, 1.54) is 12.3 Å². The van der Waals surface area contributed by atoms with Gasteiger partial charge in [-0.1, -0.05) is 0 Å². The highest BCUT2D eigenvalue weighted by atomic mass is 16.6. The molecule has 0 atom stereocenters. The van der Waals surface area contributed by atoms with Gasteiger partial charge in [-0.05, 0) is 24.3 Å². The van der Waals surface area contributed by atoms with E-state index in [4.69, 9.17) is 14.2 Å². The van der Waals surface area contributed by atoms with Crippen molar-refractivity contribution < 1.29 is 23.8 Å². The van der Waals surface area contributed by atoms with Gasteiger partial charge in [0.15, 0.2) is 11.5 Å². The highest BCUT2D eigenvalue weighted by Gasteiger charge is 2.15. The summed E-state index contributed by atoms with van der Waals surface area (Å²) < 4.78 is 15.8. The number of methoxy groups -OCH3 is 1. The number of carbonyl (C=O) groups is 2. The summed E-state index contributed by atoms with van der Waals surface area (Å²) in [4.78, 5) is 28.5. The van der Waals surface area contributed by atoms with Crippen LogP contribution in [0.4, 0.5) is 5.69 Å². The minimum Gasteiger partial charge on any atom is -0.486 e. The first-order valence-electron chi connectivity index (χ1n) is 8.11. The minimum absolute atomic E-state index is 0.138. The van der Waals surface area contributed by atoms with Crippen LogP contribution < -0.4 is 20.1 Å². The van der Waals surface area contributed by atoms with E-state index in [1.807, 2.05) is 0 Å². The van der Waals surface area contributed by atoms with Crippen LogP contribution in [0.5, 0.6) is 11.5 Å². The zero-order valence-electron chi connectivity index (χ0n) is 14.3. The van der Waals surface area contributed by atoms with E-state index >= 15 is 0 Å². The molecular formula is C18H19N3O5. The van der Waals surface area contributed by atoms with Gasteiger partial charge in [0.2, 0.25) is 0 Å². The van der Waals surface area contributed by atoms with Crippen molar-refractivity contribution in [3.63, 3.8) is 0 Å². The molecule has 8 heteroatoms. The summed E-state index contributed by atoms with van der Waals surface area (Å²) in [6, 6.07) is 8.12. The van der Waals surface area contributed by atoms with E-state index in [-0.39, 0.29) is 11.6 Å². The van der Waals surface area contributed by atoms with Crippen LogP contribution in [0.15, 0.2) is 36.5 Å². The Hall–Kier alpha value is -3.13. The fraction of sp³-hybridized carbons (Fsp3) is 0.278. The monoisotopic (exact) mass is 357 g/mol. The number of ether oxygens (including phenoxy) is 3. The van der Waals surface area contributed by atoms with Gasteiger partial charge < -0.3 is 24.8 Å². The molecule has 2 N–H and O–H groups in total. The number of carbonyl (C=O) groups excluding carboxylic acids is 2. The highest BCUT2D eigenvalue weighted by Crippen LogP contribution is 2.32. The molecule has 0 radical (unpaired) electrons. The molecule has 0 fully saturated rings. The van der Waals surface area contributed by atoms with Gasteiger partial charge in [0, 0.05) is 37.2 Å². The molecule has 1 aliphatic rings. The molecule has 0 aliphatic carbocycles. The zero-order valence-corrected chi connectivity index (χ0v) is 14.3. The Kier molecular flexibility index (Phi) is 5.65. The molecule has 1 aliphatic heterocycles. The normalized spacial score (nSPS) is 12.3. The van der Waals surface area contributed by atoms with Crippen LogP contribution in [0.1, 0.15) is 20.8 Å². The SMILES string of the molecule is COCCNC(=O)c1ccnc(C(=O)Nc2ccc3c(c2)OCCO3)c1. The number of aromatic nitrogens is 1. The molecule has 8 nitrogen and oxygen atoms in total. The average molecular weight is 357 g/mol. The van der Waals surface area contributed by atoms with Crippen LogP contribution in [0.25, 0.3) is 0 Å². The summed E-state index contributed by atoms with van der Waals surface area (Å²) in [7, 11) is 1.55. The molecule has 0 unspecified atom stereocenters. The molecule has 26 heavy (non-hydrogen) atoms. The number of anilines is 1. The highest BCUT2D eigenvalue weighted by molar-refractivity contribution is 6.04. The zero-order chi connectivity index (χ0) is 18.4. The maximum Gasteiger partial charge on any atom is 0.274 e. The van der Waals surface area contributed by atoms with Crippen LogP contribution >= 0.6 is 0 Å². The number of nitrogens with one attached hydrogen (secondary N) is 2. The lowest BCUT2D eigenvalue weighted by Gasteiger charge is -2.19. The predicted molar refractivity (Wildman–Crippen MR) is 93.8 cm³/mol. The molecule has 136 valence electrons. The van der Waals surface area contributed by atoms with Crippen LogP contribution in [0.3, 0.4) is 0 Å². The molecule has 0 bridgehead atoms. The third kappa shape index (κ3) is 4.28. The topological polar surface area (TPSA) is 98.8 Å². The summed E-state index contributed by atoms with van der Waals surface area (Å²) >= 11 is 0. The van der Waals surface area contributed by atoms with Crippen molar-refractivity contribution in [2.45, 2.75) is 0 Å². The van der Waals surface area contributed by atoms with Gasteiger partial charge in [-0.15, -0.1) is 0 Å². The van der Waals surface area contributed by atoms with E-state index < -0.39 is 5.91 Å². The largest absolute Gasteiger partial charge is 0.486 e. The molecule has 2 heterocycles. The Labute approximate surface area is 150 Å². The molecule has 1 aromatic carbocycles. The van der Waals surface area contributed by atoms with Crippen molar-refractivity contribution in [2.75, 3.05) is 38.8 Å². The first kappa shape index (κ1) is 17.7. The van der Waals surface area contributed by atoms with E-state index in [0.717, 1.165) is 0 Å². The Balaban J connectivity index is 1.68. The summed E-state index contributed by atoms with van der Waals surface area (Å²) in [6.45, 7) is 1.76. The molecular weight excluding hydrogens is 338 g/mol. The van der Waals surface area contributed by atoms with E-state index in [9.17, 15) is 9.59 Å². The molecule has 2 amide bonds. The molecule has 3 rings (SSSR count). The first-order valence-corrected chi connectivity index (χ1v) is 8.11. The molecule has 0 saturated carbocycles. The van der Waals surface area contributed by atoms with Crippen molar-refractivity contribution in [1.82, 2.24) is 10.3 Å². The number of hydrogen-bond donors (Lipinski definition) is 2. The Bertz CT molecular complexity index is 809. The second-order valence-electron chi connectivity index (χ2n) is 5.49. The van der Waals surface area contributed by atoms with E-state index in [2.05, 4.69) is 15.6 Å². The Morgan fingerprint density at radius 2 is 1.92 bits per heavy atom. The average Bonchev–Trinajstić information content (AvgIpc) is 2.68. The maximum absolute atomic E-state index is 12.4. The number of hydrogen-bond acceptors (Lipinski definition) is 6. The van der Waals surface area contributed by atoms with Crippen LogP contribution in [0, 0.1) is 0 Å². The smallest absolute Gasteiger partial charge is 0.274 e. The van der Waals surface area contributed by atoms with Gasteiger partial charge in [0.25, 0.3) is 11.8 Å². The van der Waals surface area contributed by atoms with Crippen molar-refractivity contribution in [3.05, 3.63) is 47.8 Å². The summed E-state index contributed by atoms with van der Waals surface area (Å²) in [6.07, 6.45) is 1.42. The van der Waals surface area contributed by atoms with Gasteiger partial charge in [0.1, 0.15) is 18.9 Å². The predicted octanol–water partition coefficient (Wildman–Crippen LogP) is 1.48. The Morgan fingerprint density at radius 3 is 2.73 bits per heavy atom. The lowest BCUT2D eigenvalue weighted by atomic mass is 10.2. The van der Waals surface area contributed by atoms with Gasteiger partial charge in [-0.3, -0.25) is 14.6 Å². The lowest BCUT2D eigenvalue weighted by molar-refractivity contribution is 0.0937. The first-order chi connectivity index (χ1) is 12.7. The third-order valence-corrected chi connectivity index (χ3v) is 3.65. The Morgan fingerprint density at radius 1 is 1.12 bits per heavy atom. The number of fused-ring (bicyclic) bond motifs is 1. The summed E-state index contributed by atoms with van der Waals surface area (Å²) in [5.74, 6) is 0.501. The second kappa shape index (κ2) is 8.30. The van der Waals surface area contributed by atoms with Crippen LogP contribution in [0.2, 0.25) is 0 Å². The van der Waals surface area contributed by atoms with Crippen LogP contribution in [-0.2, 0) is 4.74 Å². The van der Waals surface area contributed by atoms with Crippen molar-refractivity contribution in [3.8, 4) is 11.5 Å². The number of pyridine rings is 1. The van der Waals surface area contributed by atoms with E-state index in [1.54, 1.807) is 31.4 Å². The minimum atomic E-state index is -0.423. The number of amides is 2. The quantitative estimate of drug-likeness (QED) is 0.760. The lowest BCUT2D eigenvalue weighted by Crippen LogP contribution is -2.27. The second-order valence-corrected chi connectivity index (χ2v) is 5.49. The summed E-state index contributed by atoms with van der Waals surface area (Å²) in [5.41, 5.74) is 1.04. The standard InChI is InChI=1S/C18H19N3O5/c1-24-7-6-20-17(22)12-4-5-19-14(10-12)18(23)21-13-2-3-15-16(11-13)26-9-8-25-15/h2-5,10-11H,6-9H2,1H3,(H,20,22)(H,21,23). The third-order valence-electron chi connectivity index (χ3n) is 3.65. The molecule has 0 saturated heterocycles. The van der Waals surface area contributed by atoms with Gasteiger partial charge in [0.05, 0.1) is 6.61 Å². The molecule has 1 aromatic heterocycles. The fourth-order valence-corrected chi connectivity index (χ4v) is 2.38. The van der Waals surface area contributed by atoms with Crippen molar-refractivity contribution >= 4 is 17.5 Å². The van der Waals surface area contributed by atoms with Gasteiger partial charge >= 0.3 is 0 Å². The molecule has 2 aromatic rings. The fourth-order valence-electron chi connectivity index (χ4n) is 2.38. The number of rotatable bonds is 6. The van der Waals surface area contributed by atoms with Crippen molar-refractivity contribution in [2.24, 2.45) is 0 Å². The number of nitrogens with zero attached hydrogens (tertiary/aromatic N) is 1. The van der Waals surface area contributed by atoms with E-state index in [0.29, 0.717) is 49.1 Å². The molecule has 0 spiro atoms. The maximum atomic E-state index is 12.4. The summed E-state index contributed by atoms with van der Waals surface area (Å²) in [5, 5.41) is 5.43. The van der Waals surface area contributed by atoms with Crippen LogP contribution in [-0.4, -0.2) is 50.3 Å². The van der Waals surface area contributed by atoms with Crippen molar-refractivity contribution in [1.29, 1.82) is 0 Å². The van der Waals surface area contributed by atoms with Gasteiger partial charge in [-0.2, -0.15) is 0 Å².